The van der Waals surface area contributed by atoms with Gasteiger partial charge < -0.3 is 64.3 Å². The van der Waals surface area contributed by atoms with Crippen molar-refractivity contribution in [1.29, 1.82) is 0 Å². The first kappa shape index (κ1) is 144. The lowest BCUT2D eigenvalue weighted by atomic mass is 10.1. The Bertz CT molecular complexity index is 2480. The summed E-state index contributed by atoms with van der Waals surface area (Å²) in [5.74, 6) is -0.408. The van der Waals surface area contributed by atoms with Crippen molar-refractivity contribution in [3.63, 3.8) is 0 Å². The fourth-order valence-electron chi connectivity index (χ4n) is 20.1. The van der Waals surface area contributed by atoms with Gasteiger partial charge in [-0.1, -0.05) is 6.42 Å². The van der Waals surface area contributed by atoms with Crippen LogP contribution in [0.2, 0.25) is 0 Å². The second-order valence-corrected chi connectivity index (χ2v) is 46.7. The Morgan fingerprint density at radius 3 is 0.899 bits per heavy atom. The van der Waals surface area contributed by atoms with E-state index >= 15 is 0 Å². The molecule has 842 valence electrons. The van der Waals surface area contributed by atoms with E-state index in [4.69, 9.17) is 49.6 Å². The molecule has 0 aromatic heterocycles. The average Bonchev–Trinajstić information content (AvgIpc) is 1.71. The Labute approximate surface area is 866 Å². The normalized spacial score (nSPS) is 18.1. The Hall–Kier alpha value is -1.04. The first-order valence-corrected chi connectivity index (χ1v) is 56.9. The fourth-order valence-corrected chi connectivity index (χ4v) is 20.1. The topological polar surface area (TPSA) is 210 Å². The van der Waals surface area contributed by atoms with Crippen LogP contribution >= 0.6 is 0 Å². The van der Waals surface area contributed by atoms with Crippen molar-refractivity contribution >= 4 is 0 Å². The van der Waals surface area contributed by atoms with Gasteiger partial charge in [0, 0.05) is 258 Å². The lowest BCUT2D eigenvalue weighted by Crippen LogP contribution is -2.48. The highest BCUT2D eigenvalue weighted by atomic mass is 16.7. The van der Waals surface area contributed by atoms with Crippen molar-refractivity contribution in [2.45, 2.75) is 493 Å². The summed E-state index contributed by atoms with van der Waals surface area (Å²) in [5, 5.41) is 53.7. The highest BCUT2D eigenvalue weighted by Gasteiger charge is 2.35. The highest BCUT2D eigenvalue weighted by molar-refractivity contribution is 4.84. The minimum absolute atomic E-state index is 0.00944. The summed E-state index contributed by atoms with van der Waals surface area (Å²) in [7, 11) is 4.27. The summed E-state index contributed by atoms with van der Waals surface area (Å²) in [6.07, 6.45) is 12.9. The van der Waals surface area contributed by atoms with Crippen LogP contribution < -0.4 is 0 Å². The molecule has 0 aromatic carbocycles. The molecule has 6 aliphatic rings. The summed E-state index contributed by atoms with van der Waals surface area (Å²) < 4.78 is 22.4. The number of ether oxygens (including phenoxy) is 4. The molecule has 0 aliphatic carbocycles. The Balaban J connectivity index is -0.000000729. The molecule has 26 heteroatoms. The minimum atomic E-state index is -0.399. The van der Waals surface area contributed by atoms with Crippen LogP contribution in [-0.2, 0) is 18.9 Å². The zero-order valence-corrected chi connectivity index (χ0v) is 101. The molecule has 6 saturated heterocycles. The van der Waals surface area contributed by atoms with E-state index in [0.29, 0.717) is 147 Å². The van der Waals surface area contributed by atoms with Crippen molar-refractivity contribution in [3.8, 4) is 0 Å². The SMILES string of the molecule is CC(C)N(C(C)C)C(CO)CO.CC(C)N(CC(CO)CO)C(C)C.CC(C)N(CC1CCCO1)C(C)C.CC(C)N(CC1COC(C)(C)O1)C(C)C.CC(C)N(CCCN(C)C)C(C)C.CC(C)N(CCN(CCO)CCO)C(C)C.CC(C)N(CCN1CCCC1)C(C)C.CC(C)N(CCN1CCCCC1)C(C)C.CC(C)N(CCN1CCOCC1)C(C)C.CC(C)N1CCCN(C(C)C)CC1. The molecule has 6 N–H and O–H groups in total. The third-order valence-electron chi connectivity index (χ3n) is 27.9. The molecule has 0 aromatic rings. The summed E-state index contributed by atoms with van der Waals surface area (Å²) in [6, 6.07) is 11.7. The predicted molar refractivity (Wildman–Crippen MR) is 602 cm³/mol. The van der Waals surface area contributed by atoms with Gasteiger partial charge in [-0.2, -0.15) is 0 Å². The van der Waals surface area contributed by atoms with E-state index in [1.165, 1.54) is 163 Å². The van der Waals surface area contributed by atoms with Gasteiger partial charge in [0.25, 0.3) is 0 Å². The molecule has 6 rings (SSSR count). The molecule has 26 nitrogen and oxygen atoms in total. The van der Waals surface area contributed by atoms with E-state index in [1.54, 1.807) is 0 Å². The third-order valence-corrected chi connectivity index (χ3v) is 27.9. The summed E-state index contributed by atoms with van der Waals surface area (Å²) >= 11 is 0. The maximum Gasteiger partial charge on any atom is 0.163 e. The Kier molecular flexibility index (Phi) is 87.8. The second-order valence-electron chi connectivity index (χ2n) is 46.7. The van der Waals surface area contributed by atoms with E-state index in [1.807, 2.05) is 13.8 Å². The number of aliphatic hydroxyl groups excluding tert-OH is 6. The summed E-state index contributed by atoms with van der Waals surface area (Å²) in [5.41, 5.74) is 0. The Morgan fingerprint density at radius 1 is 0.302 bits per heavy atom. The summed E-state index contributed by atoms with van der Waals surface area (Å²) in [4.78, 5) is 39.3. The molecule has 2 unspecified atom stereocenters. The van der Waals surface area contributed by atoms with Gasteiger partial charge in [-0.05, 0) is 409 Å². The summed E-state index contributed by atoms with van der Waals surface area (Å²) in [6.45, 7) is 125. The molecule has 2 atom stereocenters. The zero-order chi connectivity index (χ0) is 108. The van der Waals surface area contributed by atoms with Crippen molar-refractivity contribution in [2.24, 2.45) is 5.92 Å². The Morgan fingerprint density at radius 2 is 0.626 bits per heavy atom. The van der Waals surface area contributed by atoms with Crippen LogP contribution in [0.3, 0.4) is 0 Å². The standard InChI is InChI=1S/C13H28N2.C12H28N2O2.C12H26N2O.C12H26N2.C12H25NO2.C11H24N2.C11H26N2.C11H23NO.C10H23NO2.C9H21NO2/c1-12(2)15(13(3)4)11-10-14-8-6-5-7-9-14;1-11(2)14(12(3)4)6-5-13(7-9-15)8-10-16;1-11(2)14(12(3)4)6-5-13-7-9-15-10-8-13;1-11(2)14(12(3)4)10-9-13-7-5-6-8-13;1-9(2)13(10(3)4)7-11-8-14-12(5,6)15-11;1-10(2)12-6-5-7-13(9-8-12)11(3)4;1-10(2)13(11(3)4)9-7-8-12(5)6;1-9(2)12(10(3)4)8-11-6-5-7-13-11;1-8(2)11(9(3)4)5-10(6-12)7-13;1-7(2)10(8(3)4)9(5-11)6-12/h12-13H,5-11H2,1-4H3;11-12,15-16H,5-10H2,1-4H3;11-12H,5-10H2,1-4H3;11-12H,5-10H2,1-4H3;9-11H,7-8H2,1-6H3;10-11H,5-9H2,1-4H3;10-11H,7-9H2,1-6H3;9-11H,5-8H2,1-4H3;8-10,12-13H,5-7H2,1-4H3;7-9,11-12H,5-6H2,1-4H3. The number of morpholine rings is 1. The minimum Gasteiger partial charge on any atom is -0.396 e. The van der Waals surface area contributed by atoms with Crippen LogP contribution in [-0.4, -0.2) is 498 Å². The van der Waals surface area contributed by atoms with E-state index in [0.717, 1.165) is 65.6 Å². The smallest absolute Gasteiger partial charge is 0.163 e. The lowest BCUT2D eigenvalue weighted by molar-refractivity contribution is -0.141. The van der Waals surface area contributed by atoms with Crippen LogP contribution in [0.15, 0.2) is 0 Å². The predicted octanol–water partition coefficient (Wildman–Crippen LogP) is 16.2. The van der Waals surface area contributed by atoms with Crippen LogP contribution in [0.4, 0.5) is 0 Å². The van der Waals surface area contributed by atoms with E-state index in [-0.39, 0.29) is 57.7 Å². The van der Waals surface area contributed by atoms with E-state index in [2.05, 4.69) is 369 Å². The number of nitrogens with zero attached hydrogens (tertiary/aromatic N) is 16. The maximum absolute atomic E-state index is 8.99. The van der Waals surface area contributed by atoms with Crippen LogP contribution in [0.25, 0.3) is 0 Å². The molecule has 0 spiro atoms. The van der Waals surface area contributed by atoms with Gasteiger partial charge in [0.2, 0.25) is 0 Å². The lowest BCUT2D eigenvalue weighted by Gasteiger charge is -2.36. The van der Waals surface area contributed by atoms with E-state index < -0.39 is 5.79 Å². The van der Waals surface area contributed by atoms with E-state index in [9.17, 15) is 0 Å². The monoisotopic (exact) mass is 1990 g/mol. The number of hydrogen-bond donors (Lipinski definition) is 6. The zero-order valence-electron chi connectivity index (χ0n) is 101. The van der Waals surface area contributed by atoms with Crippen molar-refractivity contribution in [1.82, 2.24) is 78.4 Å². The molecule has 0 amide bonds. The van der Waals surface area contributed by atoms with Gasteiger partial charge in [-0.15, -0.1) is 0 Å². The van der Waals surface area contributed by atoms with Gasteiger partial charge in [0.1, 0.15) is 0 Å². The molecular weight excluding hydrogens is 1740 g/mol. The highest BCUT2D eigenvalue weighted by Crippen LogP contribution is 2.25. The number of piperidine rings is 1. The van der Waals surface area contributed by atoms with Crippen molar-refractivity contribution < 1.29 is 49.6 Å². The largest absolute Gasteiger partial charge is 0.396 e. The van der Waals surface area contributed by atoms with Gasteiger partial charge in [0.05, 0.1) is 64.5 Å². The van der Waals surface area contributed by atoms with Gasteiger partial charge >= 0.3 is 0 Å². The average molecular weight is 1990 g/mol. The maximum atomic E-state index is 8.99. The molecule has 6 fully saturated rings. The number of likely N-dealkylation sites (tertiary alicyclic amines) is 2. The molecule has 0 saturated carbocycles. The fraction of sp³-hybridized carbons (Fsp3) is 1.00. The van der Waals surface area contributed by atoms with Gasteiger partial charge in [-0.25, -0.2) is 0 Å². The van der Waals surface area contributed by atoms with Crippen molar-refractivity contribution in [3.05, 3.63) is 0 Å². The van der Waals surface area contributed by atoms with Crippen LogP contribution in [0.1, 0.15) is 349 Å². The number of rotatable bonds is 51. The van der Waals surface area contributed by atoms with Crippen LogP contribution in [0, 0.1) is 5.92 Å². The molecule has 6 aliphatic heterocycles. The van der Waals surface area contributed by atoms with Gasteiger partial charge in [0.15, 0.2) is 5.79 Å². The molecule has 139 heavy (non-hydrogen) atoms. The van der Waals surface area contributed by atoms with Crippen molar-refractivity contribution in [2.75, 3.05) is 244 Å². The number of hydrogen-bond acceptors (Lipinski definition) is 26. The molecule has 6 heterocycles. The van der Waals surface area contributed by atoms with Gasteiger partial charge in [-0.3, -0.25) is 63.7 Å². The quantitative estimate of drug-likeness (QED) is 0.0334. The molecule has 0 radical (unpaired) electrons. The second kappa shape index (κ2) is 84.6. The number of aliphatic hydroxyl groups is 6. The molecule has 0 bridgehead atoms. The molecular formula is C113H250N16O10. The third kappa shape index (κ3) is 71.4. The first-order valence-electron chi connectivity index (χ1n) is 56.9. The van der Waals surface area contributed by atoms with Crippen LogP contribution in [0.5, 0.6) is 0 Å². The first-order chi connectivity index (χ1) is 64.9.